The molecule has 2 bridgehead atoms. The first-order valence-corrected chi connectivity index (χ1v) is 9.34. The van der Waals surface area contributed by atoms with Crippen molar-refractivity contribution in [2.24, 2.45) is 11.3 Å². The number of anilines is 1. The number of halogens is 1. The predicted molar refractivity (Wildman–Crippen MR) is 99.2 cm³/mol. The van der Waals surface area contributed by atoms with Gasteiger partial charge in [0.05, 0.1) is 0 Å². The summed E-state index contributed by atoms with van der Waals surface area (Å²) in [5.41, 5.74) is 0.349. The monoisotopic (exact) mass is 372 g/mol. The van der Waals surface area contributed by atoms with E-state index in [9.17, 15) is 14.4 Å². The van der Waals surface area contributed by atoms with Gasteiger partial charge in [0, 0.05) is 49.7 Å². The quantitative estimate of drug-likeness (QED) is 0.591. The molecule has 1 aromatic rings. The van der Waals surface area contributed by atoms with Gasteiger partial charge in [-0.3, -0.25) is 14.4 Å². The zero-order valence-corrected chi connectivity index (χ0v) is 15.3. The van der Waals surface area contributed by atoms with Crippen LogP contribution in [-0.4, -0.2) is 48.6 Å². The van der Waals surface area contributed by atoms with Crippen LogP contribution in [0.1, 0.15) is 19.3 Å². The third-order valence-electron chi connectivity index (χ3n) is 5.96. The second kappa shape index (κ2) is 6.23. The fourth-order valence-electron chi connectivity index (χ4n) is 4.54. The number of carbonyl (C=O) groups is 3. The molecule has 3 fully saturated rings. The number of carbonyl (C=O) groups excluding carboxylic acids is 3. The maximum Gasteiger partial charge on any atom is 0.237 e. The Labute approximate surface area is 157 Å². The summed E-state index contributed by atoms with van der Waals surface area (Å²) in [5, 5.41) is 0.693. The molecule has 1 heterocycles. The molecule has 2 unspecified atom stereocenters. The SMILES string of the molecule is C=C1C(=O)C2(C(=O)N3CCN(c4ccc(Cl)cc4)CC3)CC(=O)CC1C2. The Hall–Kier alpha value is -2.14. The summed E-state index contributed by atoms with van der Waals surface area (Å²) in [7, 11) is 0. The smallest absolute Gasteiger partial charge is 0.237 e. The Bertz CT molecular complexity index is 796. The Morgan fingerprint density at radius 1 is 1.12 bits per heavy atom. The van der Waals surface area contributed by atoms with Gasteiger partial charge in [-0.05, 0) is 42.2 Å². The summed E-state index contributed by atoms with van der Waals surface area (Å²) in [4.78, 5) is 42.0. The number of piperazine rings is 1. The van der Waals surface area contributed by atoms with Gasteiger partial charge in [0.25, 0.3) is 0 Å². The highest BCUT2D eigenvalue weighted by molar-refractivity contribution is 6.30. The van der Waals surface area contributed by atoms with Crippen LogP contribution in [0.3, 0.4) is 0 Å². The molecule has 2 aliphatic carbocycles. The van der Waals surface area contributed by atoms with Crippen molar-refractivity contribution < 1.29 is 14.4 Å². The number of Topliss-reactive ketones (excluding diaryl/α,β-unsaturated/α-hetero) is 2. The van der Waals surface area contributed by atoms with Crippen molar-refractivity contribution in [3.63, 3.8) is 0 Å². The van der Waals surface area contributed by atoms with Crippen molar-refractivity contribution in [3.05, 3.63) is 41.4 Å². The zero-order chi connectivity index (χ0) is 18.5. The Morgan fingerprint density at radius 3 is 2.42 bits per heavy atom. The predicted octanol–water partition coefficient (Wildman–Crippen LogP) is 2.48. The van der Waals surface area contributed by atoms with Crippen molar-refractivity contribution >= 4 is 34.8 Å². The second-order valence-electron chi connectivity index (χ2n) is 7.51. The molecule has 0 spiro atoms. The number of hydrogen-bond donors (Lipinski definition) is 0. The van der Waals surface area contributed by atoms with E-state index in [0.717, 1.165) is 5.69 Å². The lowest BCUT2D eigenvalue weighted by atomic mass is 9.73. The Kier molecular flexibility index (Phi) is 4.14. The first-order valence-electron chi connectivity index (χ1n) is 8.96. The molecule has 3 aliphatic rings. The fraction of sp³-hybridized carbons (Fsp3) is 0.450. The van der Waals surface area contributed by atoms with E-state index in [1.807, 2.05) is 24.3 Å². The van der Waals surface area contributed by atoms with Crippen LogP contribution in [0.4, 0.5) is 5.69 Å². The van der Waals surface area contributed by atoms with Crippen LogP contribution in [0, 0.1) is 11.3 Å². The molecule has 1 aliphatic heterocycles. The van der Waals surface area contributed by atoms with Crippen LogP contribution in [0.5, 0.6) is 0 Å². The van der Waals surface area contributed by atoms with Crippen molar-refractivity contribution in [3.8, 4) is 0 Å². The molecule has 4 rings (SSSR count). The Morgan fingerprint density at radius 2 is 1.77 bits per heavy atom. The minimum atomic E-state index is -1.18. The second-order valence-corrected chi connectivity index (χ2v) is 7.95. The normalized spacial score (nSPS) is 28.7. The highest BCUT2D eigenvalue weighted by Crippen LogP contribution is 2.51. The minimum absolute atomic E-state index is 0.00130. The largest absolute Gasteiger partial charge is 0.368 e. The number of fused-ring (bicyclic) bond motifs is 2. The molecule has 2 atom stereocenters. The average Bonchev–Trinajstić information content (AvgIpc) is 2.83. The molecule has 1 aromatic carbocycles. The molecule has 0 N–H and O–H groups in total. The van der Waals surface area contributed by atoms with Gasteiger partial charge in [0.15, 0.2) is 5.78 Å². The molecule has 0 aromatic heterocycles. The van der Waals surface area contributed by atoms with Crippen LogP contribution in [0.15, 0.2) is 36.4 Å². The minimum Gasteiger partial charge on any atom is -0.368 e. The lowest BCUT2D eigenvalue weighted by Crippen LogP contribution is -2.55. The maximum atomic E-state index is 13.2. The van der Waals surface area contributed by atoms with Gasteiger partial charge in [0.1, 0.15) is 11.2 Å². The summed E-state index contributed by atoms with van der Waals surface area (Å²) in [5.74, 6) is -0.544. The van der Waals surface area contributed by atoms with E-state index in [2.05, 4.69) is 11.5 Å². The summed E-state index contributed by atoms with van der Waals surface area (Å²) < 4.78 is 0. The van der Waals surface area contributed by atoms with Gasteiger partial charge in [-0.2, -0.15) is 0 Å². The van der Waals surface area contributed by atoms with Crippen molar-refractivity contribution in [1.82, 2.24) is 4.90 Å². The number of ketones is 2. The highest BCUT2D eigenvalue weighted by atomic mass is 35.5. The lowest BCUT2D eigenvalue weighted by Gasteiger charge is -2.40. The molecule has 136 valence electrons. The van der Waals surface area contributed by atoms with Crippen LogP contribution < -0.4 is 4.90 Å². The van der Waals surface area contributed by atoms with E-state index in [0.29, 0.717) is 49.6 Å². The van der Waals surface area contributed by atoms with Gasteiger partial charge in [-0.15, -0.1) is 0 Å². The zero-order valence-electron chi connectivity index (χ0n) is 14.5. The van der Waals surface area contributed by atoms with Crippen LogP contribution in [0.2, 0.25) is 5.02 Å². The molecule has 26 heavy (non-hydrogen) atoms. The molecule has 1 saturated heterocycles. The van der Waals surface area contributed by atoms with Gasteiger partial charge in [-0.1, -0.05) is 18.2 Å². The van der Waals surface area contributed by atoms with E-state index < -0.39 is 5.41 Å². The summed E-state index contributed by atoms with van der Waals surface area (Å²) in [6.07, 6.45) is 0.841. The third-order valence-corrected chi connectivity index (χ3v) is 6.21. The summed E-state index contributed by atoms with van der Waals surface area (Å²) in [6.45, 7) is 6.32. The number of benzene rings is 1. The Balaban J connectivity index is 1.48. The van der Waals surface area contributed by atoms with Gasteiger partial charge < -0.3 is 9.80 Å². The number of amides is 1. The summed E-state index contributed by atoms with van der Waals surface area (Å²) in [6, 6.07) is 7.63. The van der Waals surface area contributed by atoms with Crippen LogP contribution >= 0.6 is 11.6 Å². The van der Waals surface area contributed by atoms with Gasteiger partial charge in [-0.25, -0.2) is 0 Å². The van der Waals surface area contributed by atoms with Crippen LogP contribution in [-0.2, 0) is 14.4 Å². The first-order chi connectivity index (χ1) is 12.4. The van der Waals surface area contributed by atoms with Crippen molar-refractivity contribution in [2.75, 3.05) is 31.1 Å². The number of hydrogen-bond acceptors (Lipinski definition) is 4. The fourth-order valence-corrected chi connectivity index (χ4v) is 4.67. The maximum absolute atomic E-state index is 13.2. The van der Waals surface area contributed by atoms with E-state index in [4.69, 9.17) is 11.6 Å². The molecular formula is C20H21ClN2O3. The first kappa shape index (κ1) is 17.3. The molecule has 0 radical (unpaired) electrons. The topological polar surface area (TPSA) is 57.7 Å². The molecule has 5 nitrogen and oxygen atoms in total. The van der Waals surface area contributed by atoms with E-state index in [1.54, 1.807) is 4.90 Å². The highest BCUT2D eigenvalue weighted by Gasteiger charge is 2.59. The third kappa shape index (κ3) is 2.65. The van der Waals surface area contributed by atoms with E-state index in [-0.39, 0.29) is 29.8 Å². The standard InChI is InChI=1S/C20H21ClN2O3/c1-13-14-10-17(24)12-20(11-14,18(13)25)19(26)23-8-6-22(7-9-23)16-4-2-15(21)3-5-16/h2-5,14H,1,6-12H2. The number of allylic oxidation sites excluding steroid dienone is 1. The number of nitrogens with zero attached hydrogens (tertiary/aromatic N) is 2. The van der Waals surface area contributed by atoms with Crippen LogP contribution in [0.25, 0.3) is 0 Å². The van der Waals surface area contributed by atoms with Gasteiger partial charge >= 0.3 is 0 Å². The number of rotatable bonds is 2. The molecular weight excluding hydrogens is 352 g/mol. The molecule has 2 saturated carbocycles. The lowest BCUT2D eigenvalue weighted by molar-refractivity contribution is -0.151. The van der Waals surface area contributed by atoms with Gasteiger partial charge in [0.2, 0.25) is 5.91 Å². The average molecular weight is 373 g/mol. The van der Waals surface area contributed by atoms with E-state index in [1.165, 1.54) is 0 Å². The molecule has 1 amide bonds. The summed E-state index contributed by atoms with van der Waals surface area (Å²) >= 11 is 5.94. The van der Waals surface area contributed by atoms with Crippen molar-refractivity contribution in [2.45, 2.75) is 19.3 Å². The van der Waals surface area contributed by atoms with E-state index >= 15 is 0 Å². The molecule has 6 heteroatoms. The van der Waals surface area contributed by atoms with Crippen molar-refractivity contribution in [1.29, 1.82) is 0 Å².